The van der Waals surface area contributed by atoms with E-state index in [2.05, 4.69) is 5.32 Å². The molecule has 2 aromatic carbocycles. The highest BCUT2D eigenvalue weighted by Crippen LogP contribution is 2.34. The van der Waals surface area contributed by atoms with Crippen LogP contribution in [-0.2, 0) is 22.1 Å². The van der Waals surface area contributed by atoms with Gasteiger partial charge < -0.3 is 15.0 Å². The molecule has 1 atom stereocenters. The second-order valence-corrected chi connectivity index (χ2v) is 6.93. The molecule has 30 heavy (non-hydrogen) atoms. The number of halogens is 3. The van der Waals surface area contributed by atoms with Gasteiger partial charge in [-0.05, 0) is 30.2 Å². The number of ether oxygens (including phenoxy) is 1. The molecule has 0 radical (unpaired) electrons. The van der Waals surface area contributed by atoms with Crippen molar-refractivity contribution in [1.82, 2.24) is 10.2 Å². The minimum atomic E-state index is -4.47. The number of amides is 2. The summed E-state index contributed by atoms with van der Waals surface area (Å²) in [5.74, 6) is -0.625. The number of benzene rings is 2. The molecule has 8 heteroatoms. The third-order valence-electron chi connectivity index (χ3n) is 5.01. The summed E-state index contributed by atoms with van der Waals surface area (Å²) in [7, 11) is 1.50. The van der Waals surface area contributed by atoms with Gasteiger partial charge in [-0.3, -0.25) is 0 Å². The van der Waals surface area contributed by atoms with Gasteiger partial charge in [-0.15, -0.1) is 0 Å². The van der Waals surface area contributed by atoms with Crippen molar-refractivity contribution in [2.75, 3.05) is 13.7 Å². The third kappa shape index (κ3) is 4.64. The second kappa shape index (κ2) is 8.61. The lowest BCUT2D eigenvalue weighted by Gasteiger charge is -2.33. The van der Waals surface area contributed by atoms with Gasteiger partial charge >= 0.3 is 18.2 Å². The van der Waals surface area contributed by atoms with E-state index in [0.29, 0.717) is 17.7 Å². The smallest absolute Gasteiger partial charge is 0.416 e. The zero-order valence-corrected chi connectivity index (χ0v) is 16.5. The lowest BCUT2D eigenvalue weighted by molar-refractivity contribution is -0.140. The minimum Gasteiger partial charge on any atom is -0.462 e. The second-order valence-electron chi connectivity index (χ2n) is 6.93. The van der Waals surface area contributed by atoms with Gasteiger partial charge in [0.2, 0.25) is 0 Å². The number of nitrogens with zero attached hydrogens (tertiary/aromatic N) is 1. The molecule has 0 aliphatic carbocycles. The molecule has 1 aliphatic rings. The van der Waals surface area contributed by atoms with E-state index in [0.717, 1.165) is 17.7 Å². The Bertz CT molecular complexity index is 954. The quantitative estimate of drug-likeness (QED) is 0.730. The zero-order valence-electron chi connectivity index (χ0n) is 16.5. The fourth-order valence-electron chi connectivity index (χ4n) is 3.20. The Morgan fingerprint density at radius 2 is 1.73 bits per heavy atom. The van der Waals surface area contributed by atoms with Crippen LogP contribution in [-0.4, -0.2) is 30.6 Å². The van der Waals surface area contributed by atoms with Crippen molar-refractivity contribution >= 4 is 12.0 Å². The van der Waals surface area contributed by atoms with Crippen LogP contribution in [0.3, 0.4) is 0 Å². The molecule has 5 nitrogen and oxygen atoms in total. The Hall–Kier alpha value is -3.29. The Morgan fingerprint density at radius 1 is 1.10 bits per heavy atom. The van der Waals surface area contributed by atoms with Crippen molar-refractivity contribution < 1.29 is 27.5 Å². The monoisotopic (exact) mass is 418 g/mol. The lowest BCUT2D eigenvalue weighted by atomic mass is 9.94. The number of carbonyl (C=O) groups is 2. The molecule has 1 heterocycles. The van der Waals surface area contributed by atoms with E-state index >= 15 is 0 Å². The summed E-state index contributed by atoms with van der Waals surface area (Å²) in [4.78, 5) is 26.3. The van der Waals surface area contributed by atoms with Crippen molar-refractivity contribution in [3.8, 4) is 0 Å². The highest BCUT2D eigenvalue weighted by Gasteiger charge is 2.36. The van der Waals surface area contributed by atoms with E-state index in [4.69, 9.17) is 4.74 Å². The predicted molar refractivity (Wildman–Crippen MR) is 104 cm³/mol. The Balaban J connectivity index is 1.82. The third-order valence-corrected chi connectivity index (χ3v) is 5.01. The summed E-state index contributed by atoms with van der Waals surface area (Å²) in [5, 5.41) is 2.66. The topological polar surface area (TPSA) is 58.6 Å². The molecule has 2 aromatic rings. The maximum Gasteiger partial charge on any atom is 0.416 e. The van der Waals surface area contributed by atoms with Crippen LogP contribution < -0.4 is 5.32 Å². The molecular formula is C22H21F3N2O3. The Morgan fingerprint density at radius 3 is 2.33 bits per heavy atom. The van der Waals surface area contributed by atoms with Crippen molar-refractivity contribution in [3.05, 3.63) is 82.6 Å². The maximum absolute atomic E-state index is 12.9. The first-order chi connectivity index (χ1) is 14.2. The summed E-state index contributed by atoms with van der Waals surface area (Å²) in [5.41, 5.74) is 1.12. The number of allylic oxidation sites excluding steroid dienone is 1. The highest BCUT2D eigenvalue weighted by atomic mass is 19.4. The van der Waals surface area contributed by atoms with Gasteiger partial charge in [-0.1, -0.05) is 42.5 Å². The van der Waals surface area contributed by atoms with Crippen LogP contribution in [0.2, 0.25) is 0 Å². The van der Waals surface area contributed by atoms with Crippen LogP contribution >= 0.6 is 0 Å². The van der Waals surface area contributed by atoms with Gasteiger partial charge in [0.15, 0.2) is 0 Å². The number of rotatable bonds is 5. The molecule has 0 aromatic heterocycles. The fraction of sp³-hybridized carbons (Fsp3) is 0.273. The van der Waals surface area contributed by atoms with Crippen LogP contribution in [0.15, 0.2) is 65.9 Å². The van der Waals surface area contributed by atoms with Crippen molar-refractivity contribution in [1.29, 1.82) is 0 Å². The average molecular weight is 418 g/mol. The molecular weight excluding hydrogens is 397 g/mol. The lowest BCUT2D eigenvalue weighted by Crippen LogP contribution is -2.46. The molecule has 1 aliphatic heterocycles. The van der Waals surface area contributed by atoms with E-state index in [1.165, 1.54) is 24.1 Å². The van der Waals surface area contributed by atoms with Gasteiger partial charge in [-0.2, -0.15) is 13.2 Å². The van der Waals surface area contributed by atoms with E-state index in [1.807, 2.05) is 30.3 Å². The van der Waals surface area contributed by atoms with Crippen LogP contribution in [0.5, 0.6) is 0 Å². The van der Waals surface area contributed by atoms with Gasteiger partial charge in [-0.25, -0.2) is 9.59 Å². The molecule has 2 amide bonds. The first-order valence-electron chi connectivity index (χ1n) is 9.31. The van der Waals surface area contributed by atoms with Crippen LogP contribution in [0, 0.1) is 0 Å². The summed E-state index contributed by atoms with van der Waals surface area (Å²) < 4.78 is 44.0. The van der Waals surface area contributed by atoms with Crippen LogP contribution in [0.1, 0.15) is 29.7 Å². The molecule has 3 rings (SSSR count). The summed E-state index contributed by atoms with van der Waals surface area (Å²) in [6.45, 7) is 1.74. The number of alkyl halides is 3. The van der Waals surface area contributed by atoms with Crippen molar-refractivity contribution in [2.24, 2.45) is 0 Å². The van der Waals surface area contributed by atoms with E-state index in [9.17, 15) is 22.8 Å². The van der Waals surface area contributed by atoms with E-state index in [-0.39, 0.29) is 12.2 Å². The number of hydrogen-bond acceptors (Lipinski definition) is 3. The normalized spacial score (nSPS) is 17.0. The summed E-state index contributed by atoms with van der Waals surface area (Å²) in [6.07, 6.45) is -3.95. The first kappa shape index (κ1) is 21.4. The molecule has 0 unspecified atom stereocenters. The molecule has 0 bridgehead atoms. The summed E-state index contributed by atoms with van der Waals surface area (Å²) >= 11 is 0. The van der Waals surface area contributed by atoms with Gasteiger partial charge in [0, 0.05) is 19.2 Å². The van der Waals surface area contributed by atoms with Crippen molar-refractivity contribution in [2.45, 2.75) is 25.6 Å². The predicted octanol–water partition coefficient (Wildman–Crippen LogP) is 4.46. The average Bonchev–Trinajstić information content (AvgIpc) is 2.72. The largest absolute Gasteiger partial charge is 0.462 e. The first-order valence-corrected chi connectivity index (χ1v) is 9.31. The van der Waals surface area contributed by atoms with Crippen LogP contribution in [0.4, 0.5) is 18.0 Å². The highest BCUT2D eigenvalue weighted by molar-refractivity contribution is 5.95. The van der Waals surface area contributed by atoms with Crippen molar-refractivity contribution in [3.63, 3.8) is 0 Å². The fourth-order valence-corrected chi connectivity index (χ4v) is 3.20. The van der Waals surface area contributed by atoms with Gasteiger partial charge in [0.1, 0.15) is 0 Å². The number of nitrogens with one attached hydrogen (secondary N) is 1. The standard InChI is InChI=1S/C22H21F3N2O3/c1-14-18(20(28)30-13-12-15-6-4-3-5-7-15)19(26-21(29)27(14)2)16-8-10-17(11-9-16)22(23,24)25/h3-11,19H,12-13H2,1-2H3,(H,26,29)/t19-/m1/s1. The molecule has 0 saturated carbocycles. The molecule has 0 saturated heterocycles. The molecule has 1 N–H and O–H groups in total. The molecule has 0 fully saturated rings. The SMILES string of the molecule is CC1=C(C(=O)OCCc2ccccc2)[C@@H](c2ccc(C(F)(F)F)cc2)NC(=O)N1C. The summed E-state index contributed by atoms with van der Waals surface area (Å²) in [6, 6.07) is 12.5. The van der Waals surface area contributed by atoms with Crippen LogP contribution in [0.25, 0.3) is 0 Å². The number of esters is 1. The molecule has 158 valence electrons. The van der Waals surface area contributed by atoms with Gasteiger partial charge in [0.05, 0.1) is 23.8 Å². The number of carbonyl (C=O) groups excluding carboxylic acids is 2. The number of hydrogen-bond donors (Lipinski definition) is 1. The van der Waals surface area contributed by atoms with Gasteiger partial charge in [0.25, 0.3) is 0 Å². The zero-order chi connectivity index (χ0) is 21.9. The minimum absolute atomic E-state index is 0.136. The molecule has 0 spiro atoms. The Kier molecular flexibility index (Phi) is 6.14. The maximum atomic E-state index is 12.9. The Labute approximate surface area is 172 Å². The van der Waals surface area contributed by atoms with E-state index < -0.39 is 29.8 Å². The number of urea groups is 1. The van der Waals surface area contributed by atoms with E-state index in [1.54, 1.807) is 6.92 Å².